The summed E-state index contributed by atoms with van der Waals surface area (Å²) in [4.78, 5) is 0. The molecule has 0 amide bonds. The van der Waals surface area contributed by atoms with Crippen LogP contribution in [0, 0.1) is 5.82 Å². The molecule has 0 saturated heterocycles. The minimum Gasteiger partial charge on any atom is -0.316 e. The summed E-state index contributed by atoms with van der Waals surface area (Å²) in [5.74, 6) is -0.142. The van der Waals surface area contributed by atoms with Crippen LogP contribution in [0.15, 0.2) is 24.3 Å². The molecule has 0 radical (unpaired) electrons. The zero-order chi connectivity index (χ0) is 7.40. The van der Waals surface area contributed by atoms with Gasteiger partial charge in [0, 0.05) is 12.1 Å². The van der Waals surface area contributed by atoms with E-state index in [-0.39, 0.29) is 5.82 Å². The van der Waals surface area contributed by atoms with Gasteiger partial charge in [0.2, 0.25) is 0 Å². The van der Waals surface area contributed by atoms with Crippen molar-refractivity contribution in [1.29, 1.82) is 0 Å². The molecule has 0 atom stereocenters. The van der Waals surface area contributed by atoms with Gasteiger partial charge < -0.3 is 5.32 Å². The van der Waals surface area contributed by atoms with Gasteiger partial charge >= 0.3 is 0 Å². The van der Waals surface area contributed by atoms with Gasteiger partial charge in [-0.2, -0.15) is 0 Å². The van der Waals surface area contributed by atoms with Crippen LogP contribution in [0.25, 0.3) is 0 Å². The molecule has 0 fully saturated rings. The largest absolute Gasteiger partial charge is 0.316 e. The van der Waals surface area contributed by atoms with Gasteiger partial charge in [-0.3, -0.25) is 0 Å². The van der Waals surface area contributed by atoms with Gasteiger partial charge in [-0.1, -0.05) is 18.2 Å². The van der Waals surface area contributed by atoms with E-state index in [4.69, 9.17) is 0 Å². The van der Waals surface area contributed by atoms with E-state index in [1.807, 2.05) is 6.07 Å². The van der Waals surface area contributed by atoms with Crippen molar-refractivity contribution in [3.05, 3.63) is 35.6 Å². The maximum atomic E-state index is 12.7. The van der Waals surface area contributed by atoms with Gasteiger partial charge in [-0.25, -0.2) is 4.39 Å². The Labute approximate surface area is 59.9 Å². The molecule has 54 valence electrons. The van der Waals surface area contributed by atoms with Gasteiger partial charge in [-0.05, 0) is 13.1 Å². The number of hydrogen-bond acceptors (Lipinski definition) is 1. The SMILES string of the molecule is CNCc1ccccc1F. The normalized spacial score (nSPS) is 9.80. The molecule has 0 unspecified atom stereocenters. The third kappa shape index (κ3) is 1.54. The van der Waals surface area contributed by atoms with Crippen LogP contribution in [-0.4, -0.2) is 7.05 Å². The van der Waals surface area contributed by atoms with Crippen molar-refractivity contribution in [2.24, 2.45) is 0 Å². The average Bonchev–Trinajstić information content (AvgIpc) is 1.94. The predicted molar refractivity (Wildman–Crippen MR) is 39.2 cm³/mol. The van der Waals surface area contributed by atoms with Crippen molar-refractivity contribution < 1.29 is 4.39 Å². The maximum Gasteiger partial charge on any atom is 0.127 e. The van der Waals surface area contributed by atoms with E-state index in [1.165, 1.54) is 6.07 Å². The first-order chi connectivity index (χ1) is 4.84. The average molecular weight is 139 g/mol. The first kappa shape index (κ1) is 7.22. The Morgan fingerprint density at radius 2 is 2.10 bits per heavy atom. The van der Waals surface area contributed by atoms with Crippen LogP contribution >= 0.6 is 0 Å². The monoisotopic (exact) mass is 139 g/mol. The Morgan fingerprint density at radius 3 is 2.70 bits per heavy atom. The Balaban J connectivity index is 2.81. The maximum absolute atomic E-state index is 12.7. The van der Waals surface area contributed by atoms with E-state index < -0.39 is 0 Å². The molecule has 0 aliphatic heterocycles. The Hall–Kier alpha value is -0.890. The fourth-order valence-electron chi connectivity index (χ4n) is 0.832. The van der Waals surface area contributed by atoms with Crippen LogP contribution < -0.4 is 5.32 Å². The molecule has 1 aromatic carbocycles. The summed E-state index contributed by atoms with van der Waals surface area (Å²) in [7, 11) is 1.80. The van der Waals surface area contributed by atoms with Gasteiger partial charge in [0.05, 0.1) is 0 Å². The molecule has 1 rings (SSSR count). The van der Waals surface area contributed by atoms with Gasteiger partial charge in [0.1, 0.15) is 5.82 Å². The molecule has 1 nitrogen and oxygen atoms in total. The standard InChI is InChI=1S/C8H10FN/c1-10-6-7-4-2-3-5-8(7)9/h2-5,10H,6H2,1H3. The molecule has 1 aromatic rings. The van der Waals surface area contributed by atoms with E-state index >= 15 is 0 Å². The molecule has 0 saturated carbocycles. The highest BCUT2D eigenvalue weighted by Gasteiger charge is 1.95. The molecular formula is C8H10FN. The van der Waals surface area contributed by atoms with Crippen molar-refractivity contribution in [3.8, 4) is 0 Å². The first-order valence-electron chi connectivity index (χ1n) is 3.22. The number of hydrogen-bond donors (Lipinski definition) is 1. The molecule has 0 heterocycles. The fraction of sp³-hybridized carbons (Fsp3) is 0.250. The molecule has 0 aromatic heterocycles. The van der Waals surface area contributed by atoms with Crippen LogP contribution in [0.5, 0.6) is 0 Å². The lowest BCUT2D eigenvalue weighted by Crippen LogP contribution is -2.06. The smallest absolute Gasteiger partial charge is 0.127 e. The van der Waals surface area contributed by atoms with E-state index in [0.29, 0.717) is 12.1 Å². The fourth-order valence-corrected chi connectivity index (χ4v) is 0.832. The lowest BCUT2D eigenvalue weighted by molar-refractivity contribution is 0.601. The lowest BCUT2D eigenvalue weighted by Gasteiger charge is -1.99. The van der Waals surface area contributed by atoms with Crippen molar-refractivity contribution in [1.82, 2.24) is 5.32 Å². The second-order valence-corrected chi connectivity index (χ2v) is 2.12. The second-order valence-electron chi connectivity index (χ2n) is 2.12. The minimum atomic E-state index is -0.142. The minimum absolute atomic E-state index is 0.142. The third-order valence-corrected chi connectivity index (χ3v) is 1.33. The van der Waals surface area contributed by atoms with Gasteiger partial charge in [0.25, 0.3) is 0 Å². The molecule has 0 aliphatic rings. The van der Waals surface area contributed by atoms with Crippen molar-refractivity contribution in [3.63, 3.8) is 0 Å². The van der Waals surface area contributed by atoms with Crippen LogP contribution in [-0.2, 0) is 6.54 Å². The Morgan fingerprint density at radius 1 is 1.40 bits per heavy atom. The van der Waals surface area contributed by atoms with Gasteiger partial charge in [0.15, 0.2) is 0 Å². The zero-order valence-corrected chi connectivity index (χ0v) is 5.89. The zero-order valence-electron chi connectivity index (χ0n) is 5.89. The number of halogens is 1. The van der Waals surface area contributed by atoms with Crippen LogP contribution in [0.4, 0.5) is 4.39 Å². The number of benzene rings is 1. The number of nitrogens with one attached hydrogen (secondary N) is 1. The van der Waals surface area contributed by atoms with E-state index in [0.717, 1.165) is 0 Å². The summed E-state index contributed by atoms with van der Waals surface area (Å²) in [6.45, 7) is 0.590. The highest BCUT2D eigenvalue weighted by Crippen LogP contribution is 2.04. The highest BCUT2D eigenvalue weighted by atomic mass is 19.1. The quantitative estimate of drug-likeness (QED) is 0.655. The van der Waals surface area contributed by atoms with Crippen LogP contribution in [0.1, 0.15) is 5.56 Å². The molecule has 2 heteroatoms. The van der Waals surface area contributed by atoms with Crippen molar-refractivity contribution in [2.75, 3.05) is 7.05 Å². The predicted octanol–water partition coefficient (Wildman–Crippen LogP) is 1.55. The van der Waals surface area contributed by atoms with Crippen LogP contribution in [0.2, 0.25) is 0 Å². The lowest BCUT2D eigenvalue weighted by atomic mass is 10.2. The Bertz CT molecular complexity index is 210. The van der Waals surface area contributed by atoms with Crippen LogP contribution in [0.3, 0.4) is 0 Å². The molecule has 10 heavy (non-hydrogen) atoms. The topological polar surface area (TPSA) is 12.0 Å². The van der Waals surface area contributed by atoms with E-state index in [9.17, 15) is 4.39 Å². The summed E-state index contributed by atoms with van der Waals surface area (Å²) < 4.78 is 12.7. The molecule has 1 N–H and O–H groups in total. The van der Waals surface area contributed by atoms with Crippen molar-refractivity contribution >= 4 is 0 Å². The molecule has 0 aliphatic carbocycles. The molecule has 0 spiro atoms. The first-order valence-corrected chi connectivity index (χ1v) is 3.22. The third-order valence-electron chi connectivity index (χ3n) is 1.33. The summed E-state index contributed by atoms with van der Waals surface area (Å²) >= 11 is 0. The van der Waals surface area contributed by atoms with E-state index in [1.54, 1.807) is 19.2 Å². The van der Waals surface area contributed by atoms with Crippen molar-refractivity contribution in [2.45, 2.75) is 6.54 Å². The summed E-state index contributed by atoms with van der Waals surface area (Å²) in [5.41, 5.74) is 0.713. The Kier molecular flexibility index (Phi) is 2.40. The molecular weight excluding hydrogens is 129 g/mol. The summed E-state index contributed by atoms with van der Waals surface area (Å²) in [6.07, 6.45) is 0. The summed E-state index contributed by atoms with van der Waals surface area (Å²) in [5, 5.41) is 2.88. The highest BCUT2D eigenvalue weighted by molar-refractivity contribution is 5.16. The summed E-state index contributed by atoms with van der Waals surface area (Å²) in [6, 6.07) is 6.75. The molecule has 0 bridgehead atoms. The second kappa shape index (κ2) is 3.32. The number of rotatable bonds is 2. The van der Waals surface area contributed by atoms with E-state index in [2.05, 4.69) is 5.32 Å². The van der Waals surface area contributed by atoms with Gasteiger partial charge in [-0.15, -0.1) is 0 Å².